The quantitative estimate of drug-likeness (QED) is 0.874. The molecule has 1 aromatic carbocycles. The lowest BCUT2D eigenvalue weighted by molar-refractivity contribution is 0.249. The summed E-state index contributed by atoms with van der Waals surface area (Å²) in [4.78, 5) is 9.27. The first-order chi connectivity index (χ1) is 10.3. The van der Waals surface area contributed by atoms with Crippen molar-refractivity contribution in [2.24, 2.45) is 0 Å². The van der Waals surface area contributed by atoms with E-state index in [1.54, 1.807) is 11.3 Å². The monoisotopic (exact) mass is 298 g/mol. The van der Waals surface area contributed by atoms with Crippen molar-refractivity contribution >= 4 is 17.0 Å². The summed E-state index contributed by atoms with van der Waals surface area (Å²) in [7, 11) is 0. The molecule has 3 rings (SSSR count). The van der Waals surface area contributed by atoms with Gasteiger partial charge in [-0.15, -0.1) is 11.3 Å². The number of piperazine rings is 1. The number of hydrogen-bond acceptors (Lipinski definition) is 5. The van der Waals surface area contributed by atoms with Crippen molar-refractivity contribution in [2.75, 3.05) is 31.1 Å². The highest BCUT2D eigenvalue weighted by Crippen LogP contribution is 2.22. The van der Waals surface area contributed by atoms with E-state index >= 15 is 0 Å². The van der Waals surface area contributed by atoms with Crippen LogP contribution >= 0.6 is 11.3 Å². The lowest BCUT2D eigenvalue weighted by Crippen LogP contribution is -2.46. The summed E-state index contributed by atoms with van der Waals surface area (Å²) in [5, 5.41) is 12.5. The molecule has 0 aliphatic carbocycles. The third-order valence-electron chi connectivity index (χ3n) is 3.76. The zero-order valence-electron chi connectivity index (χ0n) is 12.1. The van der Waals surface area contributed by atoms with E-state index in [2.05, 4.69) is 26.2 Å². The van der Waals surface area contributed by atoms with Crippen LogP contribution in [0.4, 0.5) is 5.69 Å². The van der Waals surface area contributed by atoms with Crippen LogP contribution in [-0.4, -0.2) is 36.1 Å². The Morgan fingerprint density at radius 1 is 1.24 bits per heavy atom. The number of aryl methyl sites for hydroxylation is 1. The second-order valence-corrected chi connectivity index (χ2v) is 6.22. The number of aromatic nitrogens is 1. The first-order valence-corrected chi connectivity index (χ1v) is 8.01. The number of nitriles is 1. The number of nitrogens with zero attached hydrogens (tertiary/aromatic N) is 4. The van der Waals surface area contributed by atoms with Gasteiger partial charge in [-0.3, -0.25) is 4.90 Å². The van der Waals surface area contributed by atoms with Crippen LogP contribution in [0.3, 0.4) is 0 Å². The van der Waals surface area contributed by atoms with E-state index < -0.39 is 0 Å². The molecule has 0 unspecified atom stereocenters. The zero-order valence-corrected chi connectivity index (χ0v) is 12.9. The van der Waals surface area contributed by atoms with Gasteiger partial charge in [0.1, 0.15) is 11.1 Å². The fourth-order valence-electron chi connectivity index (χ4n) is 2.66. The Bertz CT molecular complexity index is 650. The first-order valence-electron chi connectivity index (χ1n) is 7.13. The van der Waals surface area contributed by atoms with E-state index in [1.807, 2.05) is 31.2 Å². The van der Waals surface area contributed by atoms with Crippen molar-refractivity contribution < 1.29 is 0 Å². The van der Waals surface area contributed by atoms with E-state index in [0.29, 0.717) is 0 Å². The molecule has 5 heteroatoms. The topological polar surface area (TPSA) is 43.2 Å². The van der Waals surface area contributed by atoms with Crippen LogP contribution in [0.15, 0.2) is 29.6 Å². The van der Waals surface area contributed by atoms with E-state index in [0.717, 1.165) is 49.7 Å². The lowest BCUT2D eigenvalue weighted by Gasteiger charge is -2.36. The number of para-hydroxylation sites is 1. The average molecular weight is 298 g/mol. The summed E-state index contributed by atoms with van der Waals surface area (Å²) in [5.74, 6) is 0. The molecule has 1 aliphatic heterocycles. The predicted octanol–water partition coefficient (Wildman–Crippen LogP) is 2.65. The van der Waals surface area contributed by atoms with Gasteiger partial charge in [0.15, 0.2) is 0 Å². The number of anilines is 1. The fraction of sp³-hybridized carbons (Fsp3) is 0.375. The van der Waals surface area contributed by atoms with Crippen LogP contribution in [0.1, 0.15) is 16.3 Å². The highest BCUT2D eigenvalue weighted by atomic mass is 32.1. The molecule has 0 atom stereocenters. The highest BCUT2D eigenvalue weighted by Gasteiger charge is 2.19. The van der Waals surface area contributed by atoms with Crippen LogP contribution in [0, 0.1) is 18.3 Å². The molecule has 0 N–H and O–H groups in total. The molecule has 1 fully saturated rings. The molecule has 4 nitrogen and oxygen atoms in total. The molecule has 108 valence electrons. The Kier molecular flexibility index (Phi) is 4.18. The molecule has 0 radical (unpaired) electrons. The van der Waals surface area contributed by atoms with Gasteiger partial charge in [-0.2, -0.15) is 5.26 Å². The molecule has 1 aromatic heterocycles. The van der Waals surface area contributed by atoms with Gasteiger partial charge >= 0.3 is 0 Å². The molecule has 21 heavy (non-hydrogen) atoms. The smallest absolute Gasteiger partial charge is 0.107 e. The molecule has 0 bridgehead atoms. The van der Waals surface area contributed by atoms with Crippen molar-refractivity contribution in [3.8, 4) is 6.07 Å². The van der Waals surface area contributed by atoms with Crippen molar-refractivity contribution in [1.82, 2.24) is 9.88 Å². The Hall–Kier alpha value is -1.90. The maximum Gasteiger partial charge on any atom is 0.107 e. The van der Waals surface area contributed by atoms with Gasteiger partial charge in [0, 0.05) is 37.3 Å². The largest absolute Gasteiger partial charge is 0.368 e. The molecular formula is C16H18N4S. The zero-order chi connectivity index (χ0) is 14.7. The molecule has 0 amide bonds. The van der Waals surface area contributed by atoms with Crippen molar-refractivity contribution in [2.45, 2.75) is 13.5 Å². The Labute approximate surface area is 129 Å². The van der Waals surface area contributed by atoms with Crippen LogP contribution in [0.2, 0.25) is 0 Å². The molecule has 1 aliphatic rings. The molecular weight excluding hydrogens is 280 g/mol. The van der Waals surface area contributed by atoms with Crippen LogP contribution in [0.5, 0.6) is 0 Å². The second kappa shape index (κ2) is 6.25. The minimum Gasteiger partial charge on any atom is -0.368 e. The van der Waals surface area contributed by atoms with Gasteiger partial charge in [0.05, 0.1) is 17.8 Å². The summed E-state index contributed by atoms with van der Waals surface area (Å²) in [6, 6.07) is 10.1. The summed E-state index contributed by atoms with van der Waals surface area (Å²) in [5.41, 5.74) is 2.93. The molecule has 0 spiro atoms. The Balaban J connectivity index is 1.61. The number of rotatable bonds is 3. The summed E-state index contributed by atoms with van der Waals surface area (Å²) >= 11 is 1.74. The van der Waals surface area contributed by atoms with Gasteiger partial charge in [0.2, 0.25) is 0 Å². The van der Waals surface area contributed by atoms with Gasteiger partial charge in [-0.25, -0.2) is 4.98 Å². The average Bonchev–Trinajstić information content (AvgIpc) is 2.93. The summed E-state index contributed by atoms with van der Waals surface area (Å²) < 4.78 is 0. The highest BCUT2D eigenvalue weighted by molar-refractivity contribution is 7.09. The number of hydrogen-bond donors (Lipinski definition) is 0. The summed E-state index contributed by atoms with van der Waals surface area (Å²) in [6.07, 6.45) is 0. The number of benzene rings is 1. The van der Waals surface area contributed by atoms with E-state index in [-0.39, 0.29) is 0 Å². The molecule has 0 saturated carbocycles. The summed E-state index contributed by atoms with van der Waals surface area (Å²) in [6.45, 7) is 6.92. The lowest BCUT2D eigenvalue weighted by atomic mass is 10.1. The van der Waals surface area contributed by atoms with Crippen molar-refractivity contribution in [3.63, 3.8) is 0 Å². The van der Waals surface area contributed by atoms with Crippen LogP contribution in [-0.2, 0) is 6.54 Å². The molecule has 2 aromatic rings. The minimum absolute atomic E-state index is 0.765. The van der Waals surface area contributed by atoms with Crippen molar-refractivity contribution in [3.05, 3.63) is 45.9 Å². The fourth-order valence-corrected chi connectivity index (χ4v) is 3.47. The second-order valence-electron chi connectivity index (χ2n) is 5.27. The first kappa shape index (κ1) is 14.1. The minimum atomic E-state index is 0.765. The van der Waals surface area contributed by atoms with Gasteiger partial charge < -0.3 is 4.90 Å². The third-order valence-corrected chi connectivity index (χ3v) is 4.71. The maximum absolute atomic E-state index is 9.20. The molecule has 1 saturated heterocycles. The van der Waals surface area contributed by atoms with Crippen LogP contribution < -0.4 is 4.90 Å². The maximum atomic E-state index is 9.20. The molecule has 2 heterocycles. The standard InChI is InChI=1S/C16H18N4S/c1-13-12-21-16(18-13)11-19-6-8-20(9-7-19)15-5-3-2-4-14(15)10-17/h2-5,12H,6-9,11H2,1H3. The van der Waals surface area contributed by atoms with Crippen molar-refractivity contribution in [1.29, 1.82) is 5.26 Å². The Morgan fingerprint density at radius 2 is 2.00 bits per heavy atom. The van der Waals surface area contributed by atoms with E-state index in [4.69, 9.17) is 0 Å². The Morgan fingerprint density at radius 3 is 2.67 bits per heavy atom. The normalized spacial score (nSPS) is 15.9. The van der Waals surface area contributed by atoms with Gasteiger partial charge in [-0.05, 0) is 19.1 Å². The third kappa shape index (κ3) is 3.23. The predicted molar refractivity (Wildman–Crippen MR) is 85.5 cm³/mol. The number of thiazole rings is 1. The SMILES string of the molecule is Cc1csc(CN2CCN(c3ccccc3C#N)CC2)n1. The van der Waals surface area contributed by atoms with E-state index in [9.17, 15) is 5.26 Å². The van der Waals surface area contributed by atoms with Gasteiger partial charge in [-0.1, -0.05) is 12.1 Å². The van der Waals surface area contributed by atoms with Gasteiger partial charge in [0.25, 0.3) is 0 Å². The van der Waals surface area contributed by atoms with E-state index in [1.165, 1.54) is 5.01 Å². The van der Waals surface area contributed by atoms with Crippen LogP contribution in [0.25, 0.3) is 0 Å².